The predicted molar refractivity (Wildman–Crippen MR) is 68.1 cm³/mol. The molecule has 1 aromatic rings. The van der Waals surface area contributed by atoms with Gasteiger partial charge in [0.25, 0.3) is 0 Å². The lowest BCUT2D eigenvalue weighted by molar-refractivity contribution is 0.274. The van der Waals surface area contributed by atoms with Crippen LogP contribution >= 0.6 is 0 Å². The Morgan fingerprint density at radius 1 is 1.25 bits per heavy atom. The Kier molecular flexibility index (Phi) is 3.97. The van der Waals surface area contributed by atoms with Crippen LogP contribution in [0.5, 0.6) is 0 Å². The van der Waals surface area contributed by atoms with Crippen molar-refractivity contribution in [1.82, 2.24) is 4.90 Å². The molecule has 1 aliphatic heterocycles. The van der Waals surface area contributed by atoms with Crippen molar-refractivity contribution < 1.29 is 0 Å². The predicted octanol–water partition coefficient (Wildman–Crippen LogP) is 2.52. The lowest BCUT2D eigenvalue weighted by Gasteiger charge is -2.16. The monoisotopic (exact) mass is 218 g/mol. The summed E-state index contributed by atoms with van der Waals surface area (Å²) in [6.45, 7) is 5.59. The molecule has 0 fully saturated rings. The van der Waals surface area contributed by atoms with Crippen LogP contribution in [-0.2, 0) is 13.1 Å². The summed E-state index contributed by atoms with van der Waals surface area (Å²) in [4.78, 5) is 2.52. The Hall–Kier alpha value is -0.860. The molecule has 0 saturated heterocycles. The Labute approximate surface area is 98.4 Å². The Morgan fingerprint density at radius 2 is 1.88 bits per heavy atom. The molecular formula is C14H22N2. The third-order valence-corrected chi connectivity index (χ3v) is 3.48. The van der Waals surface area contributed by atoms with Crippen LogP contribution in [0, 0.1) is 0 Å². The highest BCUT2D eigenvalue weighted by atomic mass is 15.1. The Balaban J connectivity index is 1.75. The molecule has 0 spiro atoms. The van der Waals surface area contributed by atoms with Gasteiger partial charge in [-0.1, -0.05) is 31.2 Å². The van der Waals surface area contributed by atoms with Crippen LogP contribution in [-0.4, -0.2) is 17.5 Å². The lowest BCUT2D eigenvalue weighted by Crippen LogP contribution is -2.23. The van der Waals surface area contributed by atoms with Crippen molar-refractivity contribution >= 4 is 0 Å². The molecule has 2 heteroatoms. The number of nitrogens with zero attached hydrogens (tertiary/aromatic N) is 1. The number of nitrogens with two attached hydrogens (primary N) is 1. The molecule has 2 nitrogen and oxygen atoms in total. The van der Waals surface area contributed by atoms with Crippen molar-refractivity contribution in [3.63, 3.8) is 0 Å². The van der Waals surface area contributed by atoms with E-state index >= 15 is 0 Å². The van der Waals surface area contributed by atoms with Crippen LogP contribution in [0.2, 0.25) is 0 Å². The van der Waals surface area contributed by atoms with Crippen LogP contribution < -0.4 is 5.73 Å². The summed E-state index contributed by atoms with van der Waals surface area (Å²) >= 11 is 0. The van der Waals surface area contributed by atoms with Crippen LogP contribution in [0.15, 0.2) is 24.3 Å². The molecule has 2 rings (SSSR count). The first-order valence-corrected chi connectivity index (χ1v) is 6.34. The third-order valence-electron chi connectivity index (χ3n) is 3.48. The van der Waals surface area contributed by atoms with Gasteiger partial charge in [0.15, 0.2) is 0 Å². The van der Waals surface area contributed by atoms with E-state index in [0.29, 0.717) is 6.04 Å². The molecule has 0 radical (unpaired) electrons. The number of hydrogen-bond donors (Lipinski definition) is 1. The summed E-state index contributed by atoms with van der Waals surface area (Å²) in [7, 11) is 0. The molecule has 0 amide bonds. The summed E-state index contributed by atoms with van der Waals surface area (Å²) < 4.78 is 0. The zero-order valence-corrected chi connectivity index (χ0v) is 10.2. The smallest absolute Gasteiger partial charge is 0.0240 e. The minimum absolute atomic E-state index is 0.393. The molecule has 1 aliphatic rings. The van der Waals surface area contributed by atoms with Crippen molar-refractivity contribution in [2.75, 3.05) is 6.54 Å². The molecule has 1 unspecified atom stereocenters. The van der Waals surface area contributed by atoms with Crippen LogP contribution in [0.3, 0.4) is 0 Å². The number of fused-ring (bicyclic) bond motifs is 1. The quantitative estimate of drug-likeness (QED) is 0.823. The number of benzene rings is 1. The normalized spacial score (nSPS) is 17.4. The average molecular weight is 218 g/mol. The highest BCUT2D eigenvalue weighted by molar-refractivity contribution is 5.30. The van der Waals surface area contributed by atoms with Gasteiger partial charge in [0, 0.05) is 19.1 Å². The van der Waals surface area contributed by atoms with Crippen LogP contribution in [0.4, 0.5) is 0 Å². The van der Waals surface area contributed by atoms with E-state index < -0.39 is 0 Å². The number of rotatable bonds is 5. The van der Waals surface area contributed by atoms with Gasteiger partial charge in [-0.15, -0.1) is 0 Å². The molecule has 16 heavy (non-hydrogen) atoms. The topological polar surface area (TPSA) is 29.3 Å². The van der Waals surface area contributed by atoms with Gasteiger partial charge >= 0.3 is 0 Å². The SMILES string of the molecule is CCC(N)CCCN1Cc2ccccc2C1. The highest BCUT2D eigenvalue weighted by Gasteiger charge is 2.17. The van der Waals surface area contributed by atoms with E-state index in [1.54, 1.807) is 0 Å². The Bertz CT molecular complexity index is 310. The molecule has 0 aromatic heterocycles. The van der Waals surface area contributed by atoms with Gasteiger partial charge in [-0.3, -0.25) is 4.90 Å². The lowest BCUT2D eigenvalue weighted by atomic mass is 10.1. The van der Waals surface area contributed by atoms with E-state index in [1.807, 2.05) is 0 Å². The van der Waals surface area contributed by atoms with Crippen molar-refractivity contribution in [3.05, 3.63) is 35.4 Å². The van der Waals surface area contributed by atoms with E-state index in [0.717, 1.165) is 25.9 Å². The summed E-state index contributed by atoms with van der Waals surface area (Å²) in [5, 5.41) is 0. The molecule has 2 N–H and O–H groups in total. The maximum absolute atomic E-state index is 5.92. The maximum Gasteiger partial charge on any atom is 0.0240 e. The molecule has 1 atom stereocenters. The van der Waals surface area contributed by atoms with E-state index in [1.165, 1.54) is 24.1 Å². The number of hydrogen-bond acceptors (Lipinski definition) is 2. The van der Waals surface area contributed by atoms with Crippen LogP contribution in [0.1, 0.15) is 37.3 Å². The van der Waals surface area contributed by atoms with Gasteiger partial charge in [0.2, 0.25) is 0 Å². The third kappa shape index (κ3) is 2.83. The average Bonchev–Trinajstić information content (AvgIpc) is 2.71. The van der Waals surface area contributed by atoms with Crippen molar-refractivity contribution in [2.45, 2.75) is 45.3 Å². The van der Waals surface area contributed by atoms with E-state index in [9.17, 15) is 0 Å². The standard InChI is InChI=1S/C14H22N2/c1-2-14(15)8-5-9-16-10-12-6-3-4-7-13(12)11-16/h3-4,6-7,14H,2,5,8-11,15H2,1H3. The van der Waals surface area contributed by atoms with Gasteiger partial charge in [-0.25, -0.2) is 0 Å². The van der Waals surface area contributed by atoms with Crippen molar-refractivity contribution in [1.29, 1.82) is 0 Å². The fourth-order valence-electron chi connectivity index (χ4n) is 2.34. The van der Waals surface area contributed by atoms with E-state index in [4.69, 9.17) is 5.73 Å². The van der Waals surface area contributed by atoms with Gasteiger partial charge < -0.3 is 5.73 Å². The van der Waals surface area contributed by atoms with Gasteiger partial charge in [-0.05, 0) is 36.9 Å². The second kappa shape index (κ2) is 5.46. The van der Waals surface area contributed by atoms with E-state index in [-0.39, 0.29) is 0 Å². The van der Waals surface area contributed by atoms with Crippen molar-refractivity contribution in [3.8, 4) is 0 Å². The molecule has 0 saturated carbocycles. The van der Waals surface area contributed by atoms with Crippen LogP contribution in [0.25, 0.3) is 0 Å². The minimum Gasteiger partial charge on any atom is -0.328 e. The molecule has 0 bridgehead atoms. The maximum atomic E-state index is 5.92. The highest BCUT2D eigenvalue weighted by Crippen LogP contribution is 2.22. The van der Waals surface area contributed by atoms with Crippen molar-refractivity contribution in [2.24, 2.45) is 5.73 Å². The molecular weight excluding hydrogens is 196 g/mol. The Morgan fingerprint density at radius 3 is 2.44 bits per heavy atom. The van der Waals surface area contributed by atoms with Gasteiger partial charge in [0.05, 0.1) is 0 Å². The van der Waals surface area contributed by atoms with E-state index in [2.05, 4.69) is 36.1 Å². The molecule has 1 heterocycles. The first-order chi connectivity index (χ1) is 7.79. The first kappa shape index (κ1) is 11.6. The summed E-state index contributed by atoms with van der Waals surface area (Å²) in [6, 6.07) is 9.15. The first-order valence-electron chi connectivity index (χ1n) is 6.34. The molecule has 88 valence electrons. The molecule has 0 aliphatic carbocycles. The van der Waals surface area contributed by atoms with Gasteiger partial charge in [0.1, 0.15) is 0 Å². The largest absolute Gasteiger partial charge is 0.328 e. The molecule has 1 aromatic carbocycles. The summed E-state index contributed by atoms with van der Waals surface area (Å²) in [6.07, 6.45) is 3.48. The fraction of sp³-hybridized carbons (Fsp3) is 0.571. The zero-order chi connectivity index (χ0) is 11.4. The fourth-order valence-corrected chi connectivity index (χ4v) is 2.34. The minimum atomic E-state index is 0.393. The zero-order valence-electron chi connectivity index (χ0n) is 10.2. The second-order valence-electron chi connectivity index (χ2n) is 4.79. The summed E-state index contributed by atoms with van der Waals surface area (Å²) in [5.74, 6) is 0. The second-order valence-corrected chi connectivity index (χ2v) is 4.79. The van der Waals surface area contributed by atoms with Gasteiger partial charge in [-0.2, -0.15) is 0 Å². The summed E-state index contributed by atoms with van der Waals surface area (Å²) in [5.41, 5.74) is 8.93.